The molecule has 2 heterocycles. The van der Waals surface area contributed by atoms with E-state index >= 15 is 0 Å². The lowest BCUT2D eigenvalue weighted by atomic mass is 9.93. The van der Waals surface area contributed by atoms with E-state index in [-0.39, 0.29) is 12.0 Å². The minimum absolute atomic E-state index is 0.0972. The minimum atomic E-state index is -0.371. The van der Waals surface area contributed by atoms with Gasteiger partial charge in [-0.05, 0) is 60.4 Å². The van der Waals surface area contributed by atoms with Crippen LogP contribution in [-0.4, -0.2) is 50.1 Å². The van der Waals surface area contributed by atoms with Crippen LogP contribution < -0.4 is 10.6 Å². The van der Waals surface area contributed by atoms with Crippen LogP contribution in [0.5, 0.6) is 0 Å². The maximum atomic E-state index is 11.4. The van der Waals surface area contributed by atoms with E-state index < -0.39 is 0 Å². The fourth-order valence-electron chi connectivity index (χ4n) is 4.11. The van der Waals surface area contributed by atoms with Crippen molar-refractivity contribution in [3.63, 3.8) is 0 Å². The molecule has 1 saturated heterocycles. The highest BCUT2D eigenvalue weighted by Crippen LogP contribution is 2.31. The second kappa shape index (κ2) is 8.52. The van der Waals surface area contributed by atoms with Gasteiger partial charge in [-0.15, -0.1) is 0 Å². The molecule has 2 N–H and O–H groups in total. The monoisotopic (exact) mass is 399 g/mol. The van der Waals surface area contributed by atoms with Crippen LogP contribution in [0.4, 0.5) is 5.69 Å². The first-order valence-corrected chi connectivity index (χ1v) is 10.2. The molecule has 6 heteroatoms. The summed E-state index contributed by atoms with van der Waals surface area (Å²) < 4.78 is 6.03. The molecular formula is C22H26ClN3O2. The molecule has 2 aliphatic rings. The number of carbonyl (C=O) groups is 1. The van der Waals surface area contributed by atoms with Crippen molar-refractivity contribution in [1.29, 1.82) is 0 Å². The molecule has 1 fully saturated rings. The smallest absolute Gasteiger partial charge is 0.248 e. The second-order valence-corrected chi connectivity index (χ2v) is 7.92. The Morgan fingerprint density at radius 2 is 1.86 bits per heavy atom. The van der Waals surface area contributed by atoms with Crippen LogP contribution >= 0.6 is 11.6 Å². The third kappa shape index (κ3) is 4.32. The van der Waals surface area contributed by atoms with Crippen molar-refractivity contribution in [3.05, 3.63) is 64.2 Å². The molecule has 2 aromatic carbocycles. The number of halogens is 1. The number of primary amides is 1. The summed E-state index contributed by atoms with van der Waals surface area (Å²) in [7, 11) is 0. The van der Waals surface area contributed by atoms with E-state index in [1.165, 1.54) is 16.8 Å². The molecule has 148 valence electrons. The van der Waals surface area contributed by atoms with Crippen molar-refractivity contribution >= 4 is 23.2 Å². The van der Waals surface area contributed by atoms with Gasteiger partial charge in [0.2, 0.25) is 5.91 Å². The summed E-state index contributed by atoms with van der Waals surface area (Å²) in [5.41, 5.74) is 9.63. The highest BCUT2D eigenvalue weighted by atomic mass is 35.5. The first-order valence-electron chi connectivity index (χ1n) is 9.87. The lowest BCUT2D eigenvalue weighted by Crippen LogP contribution is -2.46. The molecule has 0 spiro atoms. The van der Waals surface area contributed by atoms with Gasteiger partial charge < -0.3 is 15.4 Å². The molecule has 0 bridgehead atoms. The van der Waals surface area contributed by atoms with Crippen LogP contribution in [0.1, 0.15) is 34.0 Å². The molecule has 2 aliphatic heterocycles. The van der Waals surface area contributed by atoms with E-state index in [0.29, 0.717) is 12.2 Å². The number of nitrogens with zero attached hydrogens (tertiary/aromatic N) is 2. The van der Waals surface area contributed by atoms with Crippen LogP contribution in [0.25, 0.3) is 0 Å². The summed E-state index contributed by atoms with van der Waals surface area (Å²) in [6, 6.07) is 13.8. The Kier molecular flexibility index (Phi) is 5.85. The Hall–Kier alpha value is -2.08. The number of hydrogen-bond acceptors (Lipinski definition) is 4. The molecule has 1 amide bonds. The topological polar surface area (TPSA) is 58.8 Å². The normalized spacial score (nSPS) is 20.0. The van der Waals surface area contributed by atoms with Crippen LogP contribution in [0.3, 0.4) is 0 Å². The zero-order valence-corrected chi connectivity index (χ0v) is 16.7. The Bertz CT molecular complexity index is 832. The Labute approximate surface area is 171 Å². The van der Waals surface area contributed by atoms with E-state index in [9.17, 15) is 4.79 Å². The van der Waals surface area contributed by atoms with Gasteiger partial charge in [-0.25, -0.2) is 0 Å². The van der Waals surface area contributed by atoms with E-state index in [1.54, 1.807) is 0 Å². The van der Waals surface area contributed by atoms with Crippen LogP contribution in [-0.2, 0) is 11.2 Å². The summed E-state index contributed by atoms with van der Waals surface area (Å²) in [5, 5.41) is 0.776. The predicted molar refractivity (Wildman–Crippen MR) is 112 cm³/mol. The zero-order valence-electron chi connectivity index (χ0n) is 15.9. The number of benzene rings is 2. The molecule has 1 atom stereocenters. The largest absolute Gasteiger partial charge is 0.373 e. The van der Waals surface area contributed by atoms with Gasteiger partial charge in [0.1, 0.15) is 0 Å². The first-order chi connectivity index (χ1) is 13.6. The Morgan fingerprint density at radius 3 is 2.57 bits per heavy atom. The molecule has 0 aliphatic carbocycles. The number of hydrogen-bond donors (Lipinski definition) is 1. The van der Waals surface area contributed by atoms with E-state index in [2.05, 4.69) is 21.9 Å². The highest BCUT2D eigenvalue weighted by molar-refractivity contribution is 6.30. The molecule has 28 heavy (non-hydrogen) atoms. The second-order valence-electron chi connectivity index (χ2n) is 7.48. The van der Waals surface area contributed by atoms with Crippen LogP contribution in [0.15, 0.2) is 42.5 Å². The average Bonchev–Trinajstić information content (AvgIpc) is 2.72. The lowest BCUT2D eigenvalue weighted by molar-refractivity contribution is 0.0289. The standard InChI is InChI=1S/C22H26ClN3O2/c23-18-2-4-19(5-3-18)26-12-10-25(11-13-26)9-7-21-20-6-1-17(22(24)27)15-16(20)8-14-28-21/h1-6,15,21H,7-14H2,(H2,24,27). The molecular weight excluding hydrogens is 374 g/mol. The minimum Gasteiger partial charge on any atom is -0.373 e. The van der Waals surface area contributed by atoms with Gasteiger partial charge in [0, 0.05) is 49.0 Å². The lowest BCUT2D eigenvalue weighted by Gasteiger charge is -2.37. The molecule has 2 aromatic rings. The summed E-state index contributed by atoms with van der Waals surface area (Å²) in [6.07, 6.45) is 1.90. The molecule has 5 nitrogen and oxygen atoms in total. The van der Waals surface area contributed by atoms with E-state index in [4.69, 9.17) is 22.1 Å². The number of fused-ring (bicyclic) bond motifs is 1. The third-order valence-corrected chi connectivity index (χ3v) is 5.99. The maximum absolute atomic E-state index is 11.4. The molecule has 4 rings (SSSR count). The zero-order chi connectivity index (χ0) is 19.5. The maximum Gasteiger partial charge on any atom is 0.248 e. The van der Waals surface area contributed by atoms with E-state index in [1.807, 2.05) is 30.3 Å². The Balaban J connectivity index is 1.31. The predicted octanol–water partition coefficient (Wildman–Crippen LogP) is 3.27. The number of amides is 1. The fraction of sp³-hybridized carbons (Fsp3) is 0.409. The van der Waals surface area contributed by atoms with Gasteiger partial charge in [0.15, 0.2) is 0 Å². The van der Waals surface area contributed by atoms with Crippen molar-refractivity contribution in [2.45, 2.75) is 18.9 Å². The van der Waals surface area contributed by atoms with Crippen molar-refractivity contribution in [2.75, 3.05) is 44.2 Å². The number of anilines is 1. The van der Waals surface area contributed by atoms with Gasteiger partial charge in [0.05, 0.1) is 12.7 Å². The van der Waals surface area contributed by atoms with Crippen molar-refractivity contribution in [1.82, 2.24) is 4.90 Å². The van der Waals surface area contributed by atoms with Gasteiger partial charge in [-0.1, -0.05) is 17.7 Å². The van der Waals surface area contributed by atoms with Crippen molar-refractivity contribution < 1.29 is 9.53 Å². The van der Waals surface area contributed by atoms with Crippen molar-refractivity contribution in [2.24, 2.45) is 5.73 Å². The van der Waals surface area contributed by atoms with Crippen LogP contribution in [0, 0.1) is 0 Å². The van der Waals surface area contributed by atoms with Gasteiger partial charge in [0.25, 0.3) is 0 Å². The number of piperazine rings is 1. The fourth-order valence-corrected chi connectivity index (χ4v) is 4.24. The summed E-state index contributed by atoms with van der Waals surface area (Å²) in [4.78, 5) is 16.3. The molecule has 0 saturated carbocycles. The molecule has 1 unspecified atom stereocenters. The number of carbonyl (C=O) groups excluding carboxylic acids is 1. The average molecular weight is 400 g/mol. The highest BCUT2D eigenvalue weighted by Gasteiger charge is 2.24. The quantitative estimate of drug-likeness (QED) is 0.838. The Morgan fingerprint density at radius 1 is 1.11 bits per heavy atom. The number of nitrogens with two attached hydrogens (primary N) is 1. The van der Waals surface area contributed by atoms with Crippen LogP contribution in [0.2, 0.25) is 5.02 Å². The SMILES string of the molecule is NC(=O)c1ccc2c(c1)CCOC2CCN1CCN(c2ccc(Cl)cc2)CC1. The van der Waals surface area contributed by atoms with Gasteiger partial charge >= 0.3 is 0 Å². The number of rotatable bonds is 5. The summed E-state index contributed by atoms with van der Waals surface area (Å²) in [5.74, 6) is -0.371. The summed E-state index contributed by atoms with van der Waals surface area (Å²) >= 11 is 5.99. The number of ether oxygens (including phenoxy) is 1. The van der Waals surface area contributed by atoms with E-state index in [0.717, 1.165) is 50.6 Å². The molecule has 0 aromatic heterocycles. The van der Waals surface area contributed by atoms with Gasteiger partial charge in [-0.2, -0.15) is 0 Å². The summed E-state index contributed by atoms with van der Waals surface area (Å²) in [6.45, 7) is 5.84. The third-order valence-electron chi connectivity index (χ3n) is 5.74. The van der Waals surface area contributed by atoms with Crippen molar-refractivity contribution in [3.8, 4) is 0 Å². The van der Waals surface area contributed by atoms with Gasteiger partial charge in [-0.3, -0.25) is 9.69 Å². The molecule has 0 radical (unpaired) electrons. The first kappa shape index (κ1) is 19.2.